The second-order valence-corrected chi connectivity index (χ2v) is 7.95. The molecule has 1 unspecified atom stereocenters. The first-order valence-corrected chi connectivity index (χ1v) is 8.98. The van der Waals surface area contributed by atoms with Gasteiger partial charge in [-0.15, -0.1) is 0 Å². The van der Waals surface area contributed by atoms with Gasteiger partial charge in [-0.1, -0.05) is 19.9 Å². The van der Waals surface area contributed by atoms with Gasteiger partial charge in [0.05, 0.1) is 23.6 Å². The zero-order valence-electron chi connectivity index (χ0n) is 15.6. The van der Waals surface area contributed by atoms with Crippen LogP contribution in [0.3, 0.4) is 0 Å². The van der Waals surface area contributed by atoms with Crippen LogP contribution < -0.4 is 5.32 Å². The van der Waals surface area contributed by atoms with E-state index >= 15 is 0 Å². The SMILES string of the molecule is Cc1cc(C(=O)NC2CC(C)(C)Cc3c2cnn3-c2cccc(F)c2)n[nH]1. The minimum Gasteiger partial charge on any atom is -0.344 e. The maximum Gasteiger partial charge on any atom is 0.272 e. The van der Waals surface area contributed by atoms with Crippen molar-refractivity contribution in [1.82, 2.24) is 25.3 Å². The molecule has 1 aliphatic carbocycles. The van der Waals surface area contributed by atoms with Gasteiger partial charge in [-0.2, -0.15) is 10.2 Å². The summed E-state index contributed by atoms with van der Waals surface area (Å²) in [5.74, 6) is -0.517. The fraction of sp³-hybridized carbons (Fsp3) is 0.350. The summed E-state index contributed by atoms with van der Waals surface area (Å²) in [6.45, 7) is 6.18. The van der Waals surface area contributed by atoms with Crippen molar-refractivity contribution >= 4 is 5.91 Å². The van der Waals surface area contributed by atoms with Crippen LogP contribution in [0, 0.1) is 18.2 Å². The number of aryl methyl sites for hydroxylation is 1. The van der Waals surface area contributed by atoms with Crippen molar-refractivity contribution in [1.29, 1.82) is 0 Å². The first-order valence-electron chi connectivity index (χ1n) is 8.98. The average Bonchev–Trinajstić information content (AvgIpc) is 3.20. The topological polar surface area (TPSA) is 75.6 Å². The molecule has 1 amide bonds. The molecule has 27 heavy (non-hydrogen) atoms. The molecule has 3 aromatic rings. The minimum absolute atomic E-state index is 0.0302. The van der Waals surface area contributed by atoms with Crippen LogP contribution in [-0.4, -0.2) is 25.9 Å². The van der Waals surface area contributed by atoms with E-state index in [0.29, 0.717) is 11.4 Å². The third-order valence-corrected chi connectivity index (χ3v) is 4.98. The Balaban J connectivity index is 1.69. The number of fused-ring (bicyclic) bond motifs is 1. The maximum atomic E-state index is 13.7. The van der Waals surface area contributed by atoms with E-state index in [1.165, 1.54) is 12.1 Å². The summed E-state index contributed by atoms with van der Waals surface area (Å²) in [6, 6.07) is 7.94. The quantitative estimate of drug-likeness (QED) is 0.744. The molecule has 0 bridgehead atoms. The van der Waals surface area contributed by atoms with E-state index in [-0.39, 0.29) is 23.2 Å². The number of halogens is 1. The highest BCUT2D eigenvalue weighted by Gasteiger charge is 2.36. The first-order chi connectivity index (χ1) is 12.8. The summed E-state index contributed by atoms with van der Waals surface area (Å²) < 4.78 is 15.4. The van der Waals surface area contributed by atoms with E-state index in [4.69, 9.17) is 0 Å². The van der Waals surface area contributed by atoms with E-state index in [2.05, 4.69) is 34.5 Å². The Hall–Kier alpha value is -2.96. The Kier molecular flexibility index (Phi) is 4.09. The summed E-state index contributed by atoms with van der Waals surface area (Å²) in [6.07, 6.45) is 3.37. The minimum atomic E-state index is -0.300. The lowest BCUT2D eigenvalue weighted by atomic mass is 9.74. The van der Waals surface area contributed by atoms with Crippen molar-refractivity contribution < 1.29 is 9.18 Å². The summed E-state index contributed by atoms with van der Waals surface area (Å²) in [4.78, 5) is 12.6. The molecule has 140 valence electrons. The van der Waals surface area contributed by atoms with E-state index < -0.39 is 0 Å². The van der Waals surface area contributed by atoms with E-state index in [1.54, 1.807) is 23.0 Å². The zero-order chi connectivity index (χ0) is 19.2. The molecule has 0 fully saturated rings. The lowest BCUT2D eigenvalue weighted by Crippen LogP contribution is -2.37. The number of hydrogen-bond acceptors (Lipinski definition) is 3. The van der Waals surface area contributed by atoms with Gasteiger partial charge in [0.1, 0.15) is 11.5 Å². The van der Waals surface area contributed by atoms with Crippen molar-refractivity contribution in [2.75, 3.05) is 0 Å². The van der Waals surface area contributed by atoms with Gasteiger partial charge in [-0.3, -0.25) is 9.89 Å². The third-order valence-electron chi connectivity index (χ3n) is 4.98. The van der Waals surface area contributed by atoms with Gasteiger partial charge in [-0.25, -0.2) is 9.07 Å². The smallest absolute Gasteiger partial charge is 0.272 e. The Morgan fingerprint density at radius 3 is 2.89 bits per heavy atom. The lowest BCUT2D eigenvalue weighted by molar-refractivity contribution is 0.0914. The van der Waals surface area contributed by atoms with Gasteiger partial charge in [-0.05, 0) is 49.4 Å². The van der Waals surface area contributed by atoms with Crippen LogP contribution in [0.4, 0.5) is 4.39 Å². The summed E-state index contributed by atoms with van der Waals surface area (Å²) in [5.41, 5.74) is 3.83. The Morgan fingerprint density at radius 2 is 2.19 bits per heavy atom. The van der Waals surface area contributed by atoms with Crippen LogP contribution in [0.5, 0.6) is 0 Å². The molecule has 2 heterocycles. The van der Waals surface area contributed by atoms with Crippen LogP contribution in [0.2, 0.25) is 0 Å². The van der Waals surface area contributed by atoms with Crippen LogP contribution in [-0.2, 0) is 6.42 Å². The number of carbonyl (C=O) groups excluding carboxylic acids is 1. The monoisotopic (exact) mass is 367 g/mol. The first kappa shape index (κ1) is 17.5. The highest BCUT2D eigenvalue weighted by atomic mass is 19.1. The van der Waals surface area contributed by atoms with E-state index in [1.807, 2.05) is 13.0 Å². The fourth-order valence-electron chi connectivity index (χ4n) is 3.77. The van der Waals surface area contributed by atoms with Gasteiger partial charge < -0.3 is 5.32 Å². The van der Waals surface area contributed by atoms with Crippen molar-refractivity contribution in [3.63, 3.8) is 0 Å². The molecule has 1 aliphatic rings. The number of amides is 1. The van der Waals surface area contributed by atoms with Crippen LogP contribution in [0.1, 0.15) is 53.7 Å². The van der Waals surface area contributed by atoms with E-state index in [0.717, 1.165) is 29.8 Å². The molecule has 0 aliphatic heterocycles. The van der Waals surface area contributed by atoms with E-state index in [9.17, 15) is 9.18 Å². The molecule has 0 saturated carbocycles. The van der Waals surface area contributed by atoms with Gasteiger partial charge in [0.2, 0.25) is 0 Å². The molecule has 7 heteroatoms. The number of aromatic nitrogens is 4. The molecule has 4 rings (SSSR count). The predicted octanol–water partition coefficient (Wildman–Crippen LogP) is 3.49. The van der Waals surface area contributed by atoms with Crippen molar-refractivity contribution in [3.8, 4) is 5.69 Å². The molecule has 0 spiro atoms. The van der Waals surface area contributed by atoms with Crippen molar-refractivity contribution in [3.05, 3.63) is 65.0 Å². The Morgan fingerprint density at radius 1 is 1.37 bits per heavy atom. The summed E-state index contributed by atoms with van der Waals surface area (Å²) in [5, 5.41) is 14.4. The number of H-pyrrole nitrogens is 1. The van der Waals surface area contributed by atoms with Crippen molar-refractivity contribution in [2.45, 2.75) is 39.7 Å². The highest BCUT2D eigenvalue weighted by Crippen LogP contribution is 2.41. The number of hydrogen-bond donors (Lipinski definition) is 2. The molecule has 1 aromatic carbocycles. The standard InChI is InChI=1S/C20H22FN5O/c1-12-7-16(25-24-12)19(27)23-17-9-20(2,3)10-18-15(17)11-22-26(18)14-6-4-5-13(21)8-14/h4-8,11,17H,9-10H2,1-3H3,(H,23,27)(H,24,25). The molecular weight excluding hydrogens is 345 g/mol. The van der Waals surface area contributed by atoms with Crippen molar-refractivity contribution in [2.24, 2.45) is 5.41 Å². The van der Waals surface area contributed by atoms with Gasteiger partial charge in [0.25, 0.3) is 5.91 Å². The van der Waals surface area contributed by atoms with Crippen LogP contribution in [0.25, 0.3) is 5.69 Å². The molecule has 2 aromatic heterocycles. The van der Waals surface area contributed by atoms with Gasteiger partial charge in [0.15, 0.2) is 0 Å². The molecule has 6 nitrogen and oxygen atoms in total. The second-order valence-electron chi connectivity index (χ2n) is 7.95. The molecule has 2 N–H and O–H groups in total. The average molecular weight is 367 g/mol. The number of nitrogens with zero attached hydrogens (tertiary/aromatic N) is 3. The van der Waals surface area contributed by atoms with Gasteiger partial charge in [0, 0.05) is 11.3 Å². The van der Waals surface area contributed by atoms with Crippen LogP contribution >= 0.6 is 0 Å². The molecule has 0 radical (unpaired) electrons. The highest BCUT2D eigenvalue weighted by molar-refractivity contribution is 5.92. The fourth-order valence-corrected chi connectivity index (χ4v) is 3.77. The number of aromatic amines is 1. The van der Waals surface area contributed by atoms with Crippen LogP contribution in [0.15, 0.2) is 36.5 Å². The summed E-state index contributed by atoms with van der Waals surface area (Å²) >= 11 is 0. The number of rotatable bonds is 3. The normalized spacial score (nSPS) is 18.1. The third kappa shape index (κ3) is 3.37. The lowest BCUT2D eigenvalue weighted by Gasteiger charge is -2.35. The second kappa shape index (κ2) is 6.33. The van der Waals surface area contributed by atoms with Gasteiger partial charge >= 0.3 is 0 Å². The Bertz CT molecular complexity index is 1000. The maximum absolute atomic E-state index is 13.7. The largest absolute Gasteiger partial charge is 0.344 e. The molecule has 1 atom stereocenters. The predicted molar refractivity (Wildman–Crippen MR) is 99.2 cm³/mol. The Labute approximate surface area is 156 Å². The molecular formula is C20H22FN5O. The summed E-state index contributed by atoms with van der Waals surface area (Å²) in [7, 11) is 0. The zero-order valence-corrected chi connectivity index (χ0v) is 15.6. The number of nitrogens with one attached hydrogen (secondary N) is 2. The number of carbonyl (C=O) groups is 1. The molecule has 0 saturated heterocycles. The number of benzene rings is 1.